The van der Waals surface area contributed by atoms with Gasteiger partial charge in [-0.25, -0.2) is 0 Å². The van der Waals surface area contributed by atoms with Crippen LogP contribution in [0.3, 0.4) is 0 Å². The van der Waals surface area contributed by atoms with Gasteiger partial charge in [0, 0.05) is 42.9 Å². The van der Waals surface area contributed by atoms with Crippen molar-refractivity contribution < 1.29 is 24.3 Å². The average molecular weight is 577 g/mol. The number of unbranched alkanes of at least 4 members (excludes halogenated alkanes) is 3. The highest BCUT2D eigenvalue weighted by Gasteiger charge is 2.31. The van der Waals surface area contributed by atoms with Crippen LogP contribution < -0.4 is 11.1 Å². The summed E-state index contributed by atoms with van der Waals surface area (Å²) in [5.41, 5.74) is 7.89. The fourth-order valence-corrected chi connectivity index (χ4v) is 5.48. The van der Waals surface area contributed by atoms with Crippen LogP contribution in [0.15, 0.2) is 60.7 Å². The van der Waals surface area contributed by atoms with Crippen molar-refractivity contribution in [2.75, 3.05) is 6.54 Å². The third kappa shape index (κ3) is 9.19. The number of likely N-dealkylation sites (N-methyl/N-ethyl adjacent to an activating group) is 1. The Morgan fingerprint density at radius 2 is 1.64 bits per heavy atom. The molecular weight excluding hydrogens is 532 g/mol. The first-order valence-electron chi connectivity index (χ1n) is 15.0. The minimum Gasteiger partial charge on any atom is -0.481 e. The van der Waals surface area contributed by atoms with E-state index in [1.165, 1.54) is 0 Å². The van der Waals surface area contributed by atoms with E-state index in [2.05, 4.69) is 12.2 Å². The van der Waals surface area contributed by atoms with Gasteiger partial charge < -0.3 is 25.6 Å². The molecule has 0 aliphatic carbocycles. The fraction of sp³-hybridized carbons (Fsp3) is 0.455. The highest BCUT2D eigenvalue weighted by molar-refractivity contribution is 6.01. The number of carboxylic acids is 1. The van der Waals surface area contributed by atoms with Crippen LogP contribution in [0.2, 0.25) is 0 Å². The second kappa shape index (κ2) is 16.3. The van der Waals surface area contributed by atoms with Gasteiger partial charge in [-0.2, -0.15) is 0 Å². The molecule has 9 heteroatoms. The van der Waals surface area contributed by atoms with E-state index in [9.17, 15) is 24.3 Å². The van der Waals surface area contributed by atoms with Crippen molar-refractivity contribution in [3.05, 3.63) is 71.9 Å². The van der Waals surface area contributed by atoms with Gasteiger partial charge in [-0.15, -0.1) is 0 Å². The van der Waals surface area contributed by atoms with Gasteiger partial charge in [0.2, 0.25) is 11.8 Å². The molecule has 0 aliphatic rings. The molecule has 2 atom stereocenters. The number of aromatic nitrogens is 1. The van der Waals surface area contributed by atoms with Gasteiger partial charge in [0.1, 0.15) is 11.7 Å². The maximum Gasteiger partial charge on any atom is 0.303 e. The predicted octanol–water partition coefficient (Wildman–Crippen LogP) is 5.11. The lowest BCUT2D eigenvalue weighted by molar-refractivity contribution is -0.139. The number of nitrogens with zero attached hydrogens (tertiary/aromatic N) is 2. The molecule has 0 radical (unpaired) electrons. The topological polar surface area (TPSA) is 135 Å². The molecular formula is C33H44N4O5. The molecule has 9 nitrogen and oxygen atoms in total. The molecule has 0 spiro atoms. The molecule has 3 aromatic rings. The zero-order valence-corrected chi connectivity index (χ0v) is 24.8. The van der Waals surface area contributed by atoms with E-state index in [1.807, 2.05) is 72.2 Å². The minimum atomic E-state index is -0.967. The second-order valence-corrected chi connectivity index (χ2v) is 10.8. The molecule has 3 rings (SSSR count). The number of carboxylic acid groups (broad SMARTS) is 1. The zero-order chi connectivity index (χ0) is 30.5. The number of aliphatic carboxylic acids is 1. The third-order valence-corrected chi connectivity index (χ3v) is 7.61. The number of nitrogens with one attached hydrogen (secondary N) is 1. The minimum absolute atomic E-state index is 0.0345. The summed E-state index contributed by atoms with van der Waals surface area (Å²) in [5.74, 6) is -2.20. The Labute approximate surface area is 248 Å². The Balaban J connectivity index is 1.91. The summed E-state index contributed by atoms with van der Waals surface area (Å²) in [4.78, 5) is 52.7. The van der Waals surface area contributed by atoms with E-state index >= 15 is 0 Å². The van der Waals surface area contributed by atoms with Crippen molar-refractivity contribution in [1.29, 1.82) is 0 Å². The number of para-hydroxylation sites is 1. The van der Waals surface area contributed by atoms with E-state index in [1.54, 1.807) is 4.90 Å². The predicted molar refractivity (Wildman–Crippen MR) is 164 cm³/mol. The molecule has 0 unspecified atom stereocenters. The summed E-state index contributed by atoms with van der Waals surface area (Å²) in [6, 6.07) is 18.0. The smallest absolute Gasteiger partial charge is 0.303 e. The first kappa shape index (κ1) is 32.4. The third-order valence-electron chi connectivity index (χ3n) is 7.61. The summed E-state index contributed by atoms with van der Waals surface area (Å²) < 4.78 is 1.93. The van der Waals surface area contributed by atoms with Gasteiger partial charge in [0.05, 0.1) is 0 Å². The van der Waals surface area contributed by atoms with Crippen LogP contribution in [0.5, 0.6) is 0 Å². The molecule has 1 heterocycles. The Morgan fingerprint density at radius 1 is 0.929 bits per heavy atom. The van der Waals surface area contributed by atoms with Crippen molar-refractivity contribution in [3.8, 4) is 0 Å². The number of amides is 3. The summed E-state index contributed by atoms with van der Waals surface area (Å²) in [6.45, 7) is 4.76. The van der Waals surface area contributed by atoms with Crippen LogP contribution in [0, 0.1) is 0 Å². The maximum absolute atomic E-state index is 14.0. The van der Waals surface area contributed by atoms with Crippen LogP contribution in [0.25, 0.3) is 10.9 Å². The lowest BCUT2D eigenvalue weighted by Gasteiger charge is -2.34. The van der Waals surface area contributed by atoms with Gasteiger partial charge in [0.15, 0.2) is 0 Å². The monoisotopic (exact) mass is 576 g/mol. The molecule has 0 saturated heterocycles. The molecule has 0 aliphatic heterocycles. The highest BCUT2D eigenvalue weighted by Crippen LogP contribution is 2.23. The van der Waals surface area contributed by atoms with E-state index in [0.717, 1.165) is 42.1 Å². The summed E-state index contributed by atoms with van der Waals surface area (Å²) >= 11 is 0. The molecule has 2 aromatic carbocycles. The lowest BCUT2D eigenvalue weighted by atomic mass is 10.0. The van der Waals surface area contributed by atoms with Crippen molar-refractivity contribution in [1.82, 2.24) is 14.8 Å². The first-order chi connectivity index (χ1) is 20.2. The van der Waals surface area contributed by atoms with Crippen molar-refractivity contribution in [2.24, 2.45) is 5.73 Å². The largest absolute Gasteiger partial charge is 0.481 e. The first-order valence-corrected chi connectivity index (χ1v) is 15.0. The van der Waals surface area contributed by atoms with Gasteiger partial charge in [-0.3, -0.25) is 19.2 Å². The van der Waals surface area contributed by atoms with Crippen LogP contribution in [0.1, 0.15) is 87.7 Å². The Hall–Kier alpha value is -4.14. The molecule has 226 valence electrons. The Kier molecular flexibility index (Phi) is 12.6. The maximum atomic E-state index is 14.0. The standard InChI is InChI=1S/C33H44N4O5/c1-3-5-6-10-17-26(22-30(34)38)36(4-2)33(42)27(18-13-20-31(39)40)35-32(41)29-21-25-16-11-12-19-28(25)37(29)23-24-14-8-7-9-15-24/h7-9,11-12,14-16,19,21,26-27H,3-6,10,13,17-18,20,22-23H2,1-2H3,(H2,34,38)(H,35,41)(H,39,40)/t26-,27-/m0/s1. The van der Waals surface area contributed by atoms with Gasteiger partial charge >= 0.3 is 5.97 Å². The number of hydrogen-bond acceptors (Lipinski definition) is 4. The average Bonchev–Trinajstić information content (AvgIpc) is 3.33. The Morgan fingerprint density at radius 3 is 2.31 bits per heavy atom. The number of carbonyl (C=O) groups excluding carboxylic acids is 3. The number of rotatable bonds is 18. The summed E-state index contributed by atoms with van der Waals surface area (Å²) in [7, 11) is 0. The van der Waals surface area contributed by atoms with Gasteiger partial charge in [-0.05, 0) is 43.9 Å². The Bertz CT molecular complexity index is 1340. The SMILES string of the molecule is CCCCCC[C@@H](CC(N)=O)N(CC)C(=O)[C@H](CCCC(=O)O)NC(=O)c1cc2ccccc2n1Cc1ccccc1. The molecule has 3 amide bonds. The quantitative estimate of drug-likeness (QED) is 0.181. The van der Waals surface area contributed by atoms with Crippen molar-refractivity contribution in [3.63, 3.8) is 0 Å². The number of benzene rings is 2. The van der Waals surface area contributed by atoms with Gasteiger partial charge in [-0.1, -0.05) is 81.1 Å². The van der Waals surface area contributed by atoms with E-state index < -0.39 is 23.8 Å². The van der Waals surface area contributed by atoms with Crippen molar-refractivity contribution in [2.45, 2.75) is 90.3 Å². The van der Waals surface area contributed by atoms with Crippen LogP contribution in [-0.4, -0.2) is 56.9 Å². The van der Waals surface area contributed by atoms with E-state index in [-0.39, 0.29) is 37.6 Å². The van der Waals surface area contributed by atoms with E-state index in [0.29, 0.717) is 25.2 Å². The van der Waals surface area contributed by atoms with Gasteiger partial charge in [0.25, 0.3) is 5.91 Å². The highest BCUT2D eigenvalue weighted by atomic mass is 16.4. The number of hydrogen-bond donors (Lipinski definition) is 3. The van der Waals surface area contributed by atoms with Crippen LogP contribution in [-0.2, 0) is 20.9 Å². The number of nitrogens with two attached hydrogens (primary N) is 1. The number of fused-ring (bicyclic) bond motifs is 1. The number of primary amides is 1. The fourth-order valence-electron chi connectivity index (χ4n) is 5.48. The second-order valence-electron chi connectivity index (χ2n) is 10.8. The molecule has 4 N–H and O–H groups in total. The van der Waals surface area contributed by atoms with Crippen LogP contribution in [0.4, 0.5) is 0 Å². The van der Waals surface area contributed by atoms with E-state index in [4.69, 9.17) is 5.73 Å². The molecule has 1 aromatic heterocycles. The lowest BCUT2D eigenvalue weighted by Crippen LogP contribution is -2.52. The van der Waals surface area contributed by atoms with Crippen molar-refractivity contribution >= 4 is 34.6 Å². The molecule has 0 saturated carbocycles. The summed E-state index contributed by atoms with van der Waals surface area (Å²) in [5, 5.41) is 13.1. The summed E-state index contributed by atoms with van der Waals surface area (Å²) in [6.07, 6.45) is 4.88. The molecule has 42 heavy (non-hydrogen) atoms. The molecule has 0 bridgehead atoms. The number of carbonyl (C=O) groups is 4. The van der Waals surface area contributed by atoms with Crippen LogP contribution >= 0.6 is 0 Å². The normalized spacial score (nSPS) is 12.5. The molecule has 0 fully saturated rings. The zero-order valence-electron chi connectivity index (χ0n) is 24.8.